The lowest BCUT2D eigenvalue weighted by atomic mass is 10.2. The topological polar surface area (TPSA) is 74.2 Å². The molecule has 0 saturated heterocycles. The molecule has 160 valence electrons. The Morgan fingerprint density at radius 3 is 2.29 bits per heavy atom. The fourth-order valence-electron chi connectivity index (χ4n) is 2.61. The SMILES string of the molecule is CCNC(=NCCS(=O)(=O)N(CC)CC)N(C)Cc1ccc(OC(F)F)cc1. The van der Waals surface area contributed by atoms with Gasteiger partial charge in [0, 0.05) is 33.2 Å². The smallest absolute Gasteiger partial charge is 0.387 e. The van der Waals surface area contributed by atoms with Gasteiger partial charge in [0.1, 0.15) is 5.75 Å². The van der Waals surface area contributed by atoms with Gasteiger partial charge >= 0.3 is 6.61 Å². The molecule has 7 nitrogen and oxygen atoms in total. The Morgan fingerprint density at radius 2 is 1.79 bits per heavy atom. The van der Waals surface area contributed by atoms with Crippen molar-refractivity contribution in [2.24, 2.45) is 4.99 Å². The number of halogens is 2. The summed E-state index contributed by atoms with van der Waals surface area (Å²) in [5.74, 6) is 0.616. The molecule has 1 aromatic rings. The van der Waals surface area contributed by atoms with Gasteiger partial charge < -0.3 is 15.0 Å². The highest BCUT2D eigenvalue weighted by Crippen LogP contribution is 2.15. The lowest BCUT2D eigenvalue weighted by Gasteiger charge is -2.23. The molecule has 0 saturated carbocycles. The largest absolute Gasteiger partial charge is 0.435 e. The van der Waals surface area contributed by atoms with E-state index in [1.807, 2.05) is 18.9 Å². The molecule has 10 heteroatoms. The van der Waals surface area contributed by atoms with Gasteiger partial charge in [0.05, 0.1) is 12.3 Å². The van der Waals surface area contributed by atoms with Crippen LogP contribution in [0, 0.1) is 0 Å². The van der Waals surface area contributed by atoms with Crippen LogP contribution in [0.5, 0.6) is 5.75 Å². The van der Waals surface area contributed by atoms with Crippen molar-refractivity contribution in [3.05, 3.63) is 29.8 Å². The van der Waals surface area contributed by atoms with Crippen LogP contribution in [0.1, 0.15) is 26.3 Å². The highest BCUT2D eigenvalue weighted by atomic mass is 32.2. The molecular formula is C18H30F2N4O3S. The first-order valence-corrected chi connectivity index (χ1v) is 10.8. The fraction of sp³-hybridized carbons (Fsp3) is 0.611. The van der Waals surface area contributed by atoms with E-state index in [9.17, 15) is 17.2 Å². The molecular weight excluding hydrogens is 390 g/mol. The average molecular weight is 421 g/mol. The molecule has 0 radical (unpaired) electrons. The summed E-state index contributed by atoms with van der Waals surface area (Å²) in [6.45, 7) is 4.81. The van der Waals surface area contributed by atoms with E-state index in [1.165, 1.54) is 16.4 Å². The maximum atomic E-state index is 12.3. The van der Waals surface area contributed by atoms with Gasteiger partial charge in [0.25, 0.3) is 0 Å². The van der Waals surface area contributed by atoms with E-state index in [2.05, 4.69) is 15.0 Å². The minimum absolute atomic E-state index is 0.0585. The highest BCUT2D eigenvalue weighted by Gasteiger charge is 2.18. The fourth-order valence-corrected chi connectivity index (χ4v) is 3.97. The van der Waals surface area contributed by atoms with Crippen LogP contribution in [0.4, 0.5) is 8.78 Å². The molecule has 28 heavy (non-hydrogen) atoms. The summed E-state index contributed by atoms with van der Waals surface area (Å²) in [6, 6.07) is 6.36. The van der Waals surface area contributed by atoms with Gasteiger partial charge in [-0.25, -0.2) is 12.7 Å². The van der Waals surface area contributed by atoms with Crippen LogP contribution >= 0.6 is 0 Å². The maximum Gasteiger partial charge on any atom is 0.387 e. The van der Waals surface area contributed by atoms with Crippen LogP contribution in [0.25, 0.3) is 0 Å². The van der Waals surface area contributed by atoms with Crippen molar-refractivity contribution in [1.82, 2.24) is 14.5 Å². The normalized spacial score (nSPS) is 12.5. The first kappa shape index (κ1) is 24.1. The van der Waals surface area contributed by atoms with E-state index in [4.69, 9.17) is 0 Å². The Bertz CT molecular complexity index is 708. The molecule has 1 aromatic carbocycles. The number of rotatable bonds is 11. The number of guanidine groups is 1. The van der Waals surface area contributed by atoms with Crippen LogP contribution in [0.2, 0.25) is 0 Å². The number of alkyl halides is 2. The number of benzene rings is 1. The van der Waals surface area contributed by atoms with Crippen LogP contribution < -0.4 is 10.1 Å². The summed E-state index contributed by atoms with van der Waals surface area (Å²) < 4.78 is 54.7. The van der Waals surface area contributed by atoms with Gasteiger partial charge in [-0.2, -0.15) is 8.78 Å². The van der Waals surface area contributed by atoms with Gasteiger partial charge in [-0.1, -0.05) is 26.0 Å². The molecule has 0 unspecified atom stereocenters. The third kappa shape index (κ3) is 7.97. The van der Waals surface area contributed by atoms with E-state index in [1.54, 1.807) is 26.0 Å². The lowest BCUT2D eigenvalue weighted by molar-refractivity contribution is -0.0498. The number of sulfonamides is 1. The summed E-state index contributed by atoms with van der Waals surface area (Å²) in [7, 11) is -1.50. The Morgan fingerprint density at radius 1 is 1.18 bits per heavy atom. The minimum atomic E-state index is -3.33. The number of hydrogen-bond donors (Lipinski definition) is 1. The second-order valence-corrected chi connectivity index (χ2v) is 8.10. The summed E-state index contributed by atoms with van der Waals surface area (Å²) in [5.41, 5.74) is 0.880. The predicted octanol–water partition coefficient (Wildman–Crippen LogP) is 2.36. The summed E-state index contributed by atoms with van der Waals surface area (Å²) >= 11 is 0. The second-order valence-electron chi connectivity index (χ2n) is 6.01. The number of nitrogens with zero attached hydrogens (tertiary/aromatic N) is 3. The maximum absolute atomic E-state index is 12.3. The minimum Gasteiger partial charge on any atom is -0.435 e. The zero-order valence-electron chi connectivity index (χ0n) is 16.9. The molecule has 0 fully saturated rings. The van der Waals surface area contributed by atoms with Gasteiger partial charge in [-0.05, 0) is 24.6 Å². The lowest BCUT2D eigenvalue weighted by Crippen LogP contribution is -2.39. The molecule has 0 heterocycles. The van der Waals surface area contributed by atoms with Crippen molar-refractivity contribution in [1.29, 1.82) is 0 Å². The molecule has 1 rings (SSSR count). The van der Waals surface area contributed by atoms with E-state index in [0.717, 1.165) is 5.56 Å². The molecule has 0 aliphatic heterocycles. The monoisotopic (exact) mass is 420 g/mol. The zero-order valence-corrected chi connectivity index (χ0v) is 17.7. The standard InChI is InChI=1S/C18H30F2N4O3S/c1-5-21-18(22-12-13-28(25,26)24(6-2)7-3)23(4)14-15-8-10-16(11-9-15)27-17(19)20/h8-11,17H,5-7,12-14H2,1-4H3,(H,21,22). The first-order chi connectivity index (χ1) is 13.2. The number of hydrogen-bond acceptors (Lipinski definition) is 4. The van der Waals surface area contributed by atoms with Crippen molar-refractivity contribution in [3.63, 3.8) is 0 Å². The first-order valence-electron chi connectivity index (χ1n) is 9.24. The van der Waals surface area contributed by atoms with E-state index in [0.29, 0.717) is 32.1 Å². The molecule has 0 aliphatic rings. The summed E-state index contributed by atoms with van der Waals surface area (Å²) in [6.07, 6.45) is 0. The van der Waals surface area contributed by atoms with Crippen molar-refractivity contribution >= 4 is 16.0 Å². The van der Waals surface area contributed by atoms with Crippen molar-refractivity contribution in [2.75, 3.05) is 39.0 Å². The van der Waals surface area contributed by atoms with Gasteiger partial charge in [0.2, 0.25) is 10.0 Å². The van der Waals surface area contributed by atoms with Gasteiger partial charge in [-0.3, -0.25) is 4.99 Å². The van der Waals surface area contributed by atoms with E-state index < -0.39 is 16.6 Å². The average Bonchev–Trinajstić information content (AvgIpc) is 2.62. The second kappa shape index (κ2) is 11.8. The Kier molecular flexibility index (Phi) is 10.2. The quantitative estimate of drug-likeness (QED) is 0.439. The number of ether oxygens (including phenoxy) is 1. The van der Waals surface area contributed by atoms with E-state index >= 15 is 0 Å². The van der Waals surface area contributed by atoms with Crippen LogP contribution in [-0.2, 0) is 16.6 Å². The Balaban J connectivity index is 2.74. The number of nitrogens with one attached hydrogen (secondary N) is 1. The zero-order chi connectivity index (χ0) is 21.2. The summed E-state index contributed by atoms with van der Waals surface area (Å²) in [4.78, 5) is 6.25. The molecule has 1 N–H and O–H groups in total. The third-order valence-electron chi connectivity index (χ3n) is 3.97. The van der Waals surface area contributed by atoms with Crippen LogP contribution in [0.15, 0.2) is 29.3 Å². The predicted molar refractivity (Wildman–Crippen MR) is 107 cm³/mol. The molecule has 0 atom stereocenters. The number of aliphatic imine (C=N–C) groups is 1. The molecule has 0 aromatic heterocycles. The highest BCUT2D eigenvalue weighted by molar-refractivity contribution is 7.89. The van der Waals surface area contributed by atoms with Gasteiger partial charge in [-0.15, -0.1) is 0 Å². The molecule has 0 aliphatic carbocycles. The molecule has 0 bridgehead atoms. The van der Waals surface area contributed by atoms with E-state index in [-0.39, 0.29) is 18.0 Å². The van der Waals surface area contributed by atoms with Gasteiger partial charge in [0.15, 0.2) is 5.96 Å². The molecule has 0 spiro atoms. The van der Waals surface area contributed by atoms with Crippen molar-refractivity contribution in [2.45, 2.75) is 33.9 Å². The van der Waals surface area contributed by atoms with Crippen LogP contribution in [-0.4, -0.2) is 69.2 Å². The van der Waals surface area contributed by atoms with Crippen LogP contribution in [0.3, 0.4) is 0 Å². The van der Waals surface area contributed by atoms with Crippen molar-refractivity contribution in [3.8, 4) is 5.75 Å². The van der Waals surface area contributed by atoms with Crippen molar-refractivity contribution < 1.29 is 21.9 Å². The third-order valence-corrected chi connectivity index (χ3v) is 5.98. The summed E-state index contributed by atoms with van der Waals surface area (Å²) in [5, 5.41) is 3.13. The molecule has 0 amide bonds. The Hall–Kier alpha value is -1.94. The Labute approximate surface area is 166 Å².